The Labute approximate surface area is 196 Å². The standard InChI is InChI=1S/C24H30N4O4S/c1-3-13-26(14-4-2)21(30)17-27-19-11-15-33-22(19)23(31)28(24(27)32)16-20(29)25-12-10-18-8-6-5-7-9-18/h5-9,11,15H,3-4,10,12-14,16-17H2,1-2H3,(H,25,29). The summed E-state index contributed by atoms with van der Waals surface area (Å²) in [5.41, 5.74) is 0.355. The molecule has 2 heterocycles. The first-order valence-electron chi connectivity index (χ1n) is 11.3. The van der Waals surface area contributed by atoms with Gasteiger partial charge >= 0.3 is 5.69 Å². The molecule has 176 valence electrons. The molecule has 1 aromatic carbocycles. The van der Waals surface area contributed by atoms with Crippen LogP contribution in [0.15, 0.2) is 51.4 Å². The summed E-state index contributed by atoms with van der Waals surface area (Å²) in [5.74, 6) is -0.594. The van der Waals surface area contributed by atoms with Gasteiger partial charge in [0, 0.05) is 19.6 Å². The van der Waals surface area contributed by atoms with E-state index in [1.54, 1.807) is 16.3 Å². The molecular weight excluding hydrogens is 440 g/mol. The summed E-state index contributed by atoms with van der Waals surface area (Å²) in [6.45, 7) is 5.06. The third kappa shape index (κ3) is 5.98. The van der Waals surface area contributed by atoms with E-state index < -0.39 is 17.2 Å². The molecule has 0 spiro atoms. The van der Waals surface area contributed by atoms with Crippen LogP contribution in [0.25, 0.3) is 10.2 Å². The summed E-state index contributed by atoms with van der Waals surface area (Å²) < 4.78 is 2.59. The van der Waals surface area contributed by atoms with Crippen LogP contribution in [0.2, 0.25) is 0 Å². The number of nitrogens with one attached hydrogen (secondary N) is 1. The van der Waals surface area contributed by atoms with Crippen molar-refractivity contribution in [3.8, 4) is 0 Å². The molecule has 0 atom stereocenters. The van der Waals surface area contributed by atoms with E-state index in [2.05, 4.69) is 5.32 Å². The molecule has 0 fully saturated rings. The van der Waals surface area contributed by atoms with Gasteiger partial charge in [0.05, 0.1) is 5.52 Å². The summed E-state index contributed by atoms with van der Waals surface area (Å²) >= 11 is 1.20. The largest absolute Gasteiger partial charge is 0.354 e. The van der Waals surface area contributed by atoms with Crippen LogP contribution in [-0.2, 0) is 29.1 Å². The molecule has 2 amide bonds. The van der Waals surface area contributed by atoms with Crippen LogP contribution >= 0.6 is 11.3 Å². The second kappa shape index (κ2) is 11.6. The van der Waals surface area contributed by atoms with E-state index >= 15 is 0 Å². The highest BCUT2D eigenvalue weighted by atomic mass is 32.1. The molecule has 1 N–H and O–H groups in total. The smallest absolute Gasteiger partial charge is 0.332 e. The van der Waals surface area contributed by atoms with Crippen molar-refractivity contribution in [2.75, 3.05) is 19.6 Å². The molecule has 8 nitrogen and oxygen atoms in total. The predicted molar refractivity (Wildman–Crippen MR) is 131 cm³/mol. The fraction of sp³-hybridized carbons (Fsp3) is 0.417. The van der Waals surface area contributed by atoms with Crippen LogP contribution in [0.5, 0.6) is 0 Å². The van der Waals surface area contributed by atoms with Crippen LogP contribution in [0.4, 0.5) is 0 Å². The molecule has 0 aliphatic rings. The van der Waals surface area contributed by atoms with Gasteiger partial charge in [-0.3, -0.25) is 19.0 Å². The molecule has 0 aliphatic heterocycles. The lowest BCUT2D eigenvalue weighted by atomic mass is 10.1. The number of hydrogen-bond donors (Lipinski definition) is 1. The monoisotopic (exact) mass is 470 g/mol. The summed E-state index contributed by atoms with van der Waals surface area (Å²) in [6.07, 6.45) is 2.28. The van der Waals surface area contributed by atoms with Crippen LogP contribution in [0.1, 0.15) is 32.3 Å². The number of amides is 2. The van der Waals surface area contributed by atoms with Crippen LogP contribution in [-0.4, -0.2) is 45.5 Å². The number of nitrogens with zero attached hydrogens (tertiary/aromatic N) is 3. The fourth-order valence-corrected chi connectivity index (χ4v) is 4.60. The molecular formula is C24H30N4O4S. The number of fused-ring (bicyclic) bond motifs is 1. The van der Waals surface area contributed by atoms with Crippen LogP contribution in [0.3, 0.4) is 0 Å². The lowest BCUT2D eigenvalue weighted by molar-refractivity contribution is -0.132. The second-order valence-electron chi connectivity index (χ2n) is 7.86. The molecule has 33 heavy (non-hydrogen) atoms. The number of benzene rings is 1. The number of rotatable bonds is 11. The number of carbonyl (C=O) groups is 2. The van der Waals surface area contributed by atoms with Crippen LogP contribution < -0.4 is 16.6 Å². The Kier molecular flexibility index (Phi) is 8.59. The maximum absolute atomic E-state index is 13.2. The number of hydrogen-bond acceptors (Lipinski definition) is 5. The van der Waals surface area contributed by atoms with Gasteiger partial charge in [0.1, 0.15) is 17.8 Å². The van der Waals surface area contributed by atoms with E-state index in [4.69, 9.17) is 0 Å². The zero-order valence-electron chi connectivity index (χ0n) is 19.1. The van der Waals surface area contributed by atoms with Crippen molar-refractivity contribution in [2.24, 2.45) is 0 Å². The van der Waals surface area contributed by atoms with Gasteiger partial charge in [-0.2, -0.15) is 0 Å². The minimum atomic E-state index is -0.648. The second-order valence-corrected chi connectivity index (χ2v) is 8.78. The molecule has 2 aromatic heterocycles. The Balaban J connectivity index is 1.81. The molecule has 0 unspecified atom stereocenters. The maximum atomic E-state index is 13.2. The molecule has 0 aliphatic carbocycles. The van der Waals surface area contributed by atoms with E-state index in [9.17, 15) is 19.2 Å². The predicted octanol–water partition coefficient (Wildman–Crippen LogP) is 2.23. The topological polar surface area (TPSA) is 93.4 Å². The molecule has 3 rings (SSSR count). The SMILES string of the molecule is CCCN(CCC)C(=O)Cn1c(=O)n(CC(=O)NCCc2ccccc2)c(=O)c2sccc21. The van der Waals surface area contributed by atoms with Crippen molar-refractivity contribution in [3.63, 3.8) is 0 Å². The van der Waals surface area contributed by atoms with Crippen molar-refractivity contribution >= 4 is 33.4 Å². The maximum Gasteiger partial charge on any atom is 0.332 e. The highest BCUT2D eigenvalue weighted by molar-refractivity contribution is 7.17. The highest BCUT2D eigenvalue weighted by Crippen LogP contribution is 2.15. The third-order valence-corrected chi connectivity index (χ3v) is 6.24. The Hall–Kier alpha value is -3.20. The highest BCUT2D eigenvalue weighted by Gasteiger charge is 2.20. The Bertz CT molecular complexity index is 1210. The van der Waals surface area contributed by atoms with E-state index in [1.165, 1.54) is 15.9 Å². The first kappa shape index (κ1) is 24.4. The normalized spacial score (nSPS) is 11.0. The van der Waals surface area contributed by atoms with Crippen molar-refractivity contribution in [2.45, 2.75) is 46.2 Å². The molecule has 0 saturated heterocycles. The molecule has 0 radical (unpaired) electrons. The van der Waals surface area contributed by atoms with Gasteiger partial charge in [0.2, 0.25) is 11.8 Å². The minimum Gasteiger partial charge on any atom is -0.354 e. The van der Waals surface area contributed by atoms with Gasteiger partial charge in [-0.1, -0.05) is 44.2 Å². The first-order chi connectivity index (χ1) is 16.0. The average Bonchev–Trinajstić information content (AvgIpc) is 3.30. The summed E-state index contributed by atoms with van der Waals surface area (Å²) in [7, 11) is 0. The van der Waals surface area contributed by atoms with Gasteiger partial charge in [-0.15, -0.1) is 11.3 Å². The number of carbonyl (C=O) groups excluding carboxylic acids is 2. The van der Waals surface area contributed by atoms with Gasteiger partial charge in [-0.05, 0) is 36.3 Å². The Morgan fingerprint density at radius 1 is 0.970 bits per heavy atom. The lowest BCUT2D eigenvalue weighted by Crippen LogP contribution is -2.46. The van der Waals surface area contributed by atoms with E-state index in [0.717, 1.165) is 23.0 Å². The molecule has 0 bridgehead atoms. The number of thiophene rings is 1. The lowest BCUT2D eigenvalue weighted by Gasteiger charge is -2.22. The molecule has 0 saturated carbocycles. The summed E-state index contributed by atoms with van der Waals surface area (Å²) in [6, 6.07) is 11.4. The van der Waals surface area contributed by atoms with Gasteiger partial charge < -0.3 is 10.2 Å². The average molecular weight is 471 g/mol. The zero-order chi connectivity index (χ0) is 23.8. The Morgan fingerprint density at radius 2 is 1.67 bits per heavy atom. The van der Waals surface area contributed by atoms with Crippen molar-refractivity contribution < 1.29 is 9.59 Å². The molecule has 9 heteroatoms. The van der Waals surface area contributed by atoms with Crippen LogP contribution in [0, 0.1) is 0 Å². The Morgan fingerprint density at radius 3 is 2.33 bits per heavy atom. The van der Waals surface area contributed by atoms with Crippen molar-refractivity contribution in [3.05, 3.63) is 68.2 Å². The van der Waals surface area contributed by atoms with E-state index in [0.29, 0.717) is 36.3 Å². The minimum absolute atomic E-state index is 0.165. The number of aromatic nitrogens is 2. The first-order valence-corrected chi connectivity index (χ1v) is 12.1. The van der Waals surface area contributed by atoms with Gasteiger partial charge in [0.25, 0.3) is 5.56 Å². The molecule has 3 aromatic rings. The quantitative estimate of drug-likeness (QED) is 0.465. The fourth-order valence-electron chi connectivity index (χ4n) is 3.75. The van der Waals surface area contributed by atoms with Gasteiger partial charge in [-0.25, -0.2) is 9.36 Å². The summed E-state index contributed by atoms with van der Waals surface area (Å²) in [5, 5.41) is 4.48. The van der Waals surface area contributed by atoms with Crippen molar-refractivity contribution in [1.29, 1.82) is 0 Å². The van der Waals surface area contributed by atoms with E-state index in [1.807, 2.05) is 44.2 Å². The third-order valence-electron chi connectivity index (χ3n) is 5.35. The summed E-state index contributed by atoms with van der Waals surface area (Å²) in [4.78, 5) is 53.2. The van der Waals surface area contributed by atoms with Gasteiger partial charge in [0.15, 0.2) is 0 Å². The van der Waals surface area contributed by atoms with Crippen molar-refractivity contribution in [1.82, 2.24) is 19.4 Å². The zero-order valence-corrected chi connectivity index (χ0v) is 19.9. The van der Waals surface area contributed by atoms with E-state index in [-0.39, 0.29) is 19.0 Å².